The number of pyridine rings is 1. The number of carbonyl (C=O) groups is 1. The van der Waals surface area contributed by atoms with Crippen molar-refractivity contribution >= 4 is 16.9 Å². The lowest BCUT2D eigenvalue weighted by Crippen LogP contribution is -2.18. The Kier molecular flexibility index (Phi) is 5.33. The zero-order chi connectivity index (χ0) is 24.7. The van der Waals surface area contributed by atoms with Crippen LogP contribution in [0.3, 0.4) is 0 Å². The van der Waals surface area contributed by atoms with E-state index >= 15 is 0 Å². The molecule has 0 fully saturated rings. The molecule has 0 atom stereocenters. The Labute approximate surface area is 198 Å². The maximum absolute atomic E-state index is 12.3. The first-order chi connectivity index (χ1) is 16.9. The van der Waals surface area contributed by atoms with Gasteiger partial charge in [-0.25, -0.2) is 9.97 Å². The van der Waals surface area contributed by atoms with E-state index in [0.717, 1.165) is 5.39 Å². The molecule has 0 saturated heterocycles. The lowest BCUT2D eigenvalue weighted by Gasteiger charge is -2.06. The van der Waals surface area contributed by atoms with E-state index in [-0.39, 0.29) is 12.3 Å². The van der Waals surface area contributed by atoms with Gasteiger partial charge in [0, 0.05) is 35.0 Å². The largest absolute Gasteiger partial charge is 0.501 e. The number of nitrogens with one attached hydrogen (secondary N) is 1. The number of nitrogens with two attached hydrogens (primary N) is 1. The van der Waals surface area contributed by atoms with Crippen molar-refractivity contribution in [2.24, 2.45) is 5.73 Å². The Bertz CT molecular complexity index is 1630. The van der Waals surface area contributed by atoms with E-state index in [0.29, 0.717) is 45.5 Å². The molecule has 4 N–H and O–H groups in total. The number of hydrogen-bond donors (Lipinski definition) is 3. The van der Waals surface area contributed by atoms with E-state index < -0.39 is 17.1 Å². The maximum Gasteiger partial charge on any atom is 0.237 e. The molecule has 10 heteroatoms. The number of rotatable bonds is 6. The van der Waals surface area contributed by atoms with E-state index in [4.69, 9.17) is 19.9 Å². The average Bonchev–Trinajstić information content (AvgIpc) is 3.43. The quantitative estimate of drug-likeness (QED) is 0.344. The monoisotopic (exact) mass is 471 g/mol. The predicted molar refractivity (Wildman–Crippen MR) is 129 cm³/mol. The number of hydrogen-bond acceptors (Lipinski definition) is 7. The number of nitrogens with zero attached hydrogens (tertiary/aromatic N) is 3. The Morgan fingerprint density at radius 2 is 2.03 bits per heavy atom. The Morgan fingerprint density at radius 3 is 2.74 bits per heavy atom. The summed E-state index contributed by atoms with van der Waals surface area (Å²) in [6, 6.07) is 12.0. The molecule has 10 nitrogen and oxygen atoms in total. The van der Waals surface area contributed by atoms with Crippen molar-refractivity contribution in [1.82, 2.24) is 19.5 Å². The van der Waals surface area contributed by atoms with Crippen LogP contribution in [-0.2, 0) is 11.3 Å². The fourth-order valence-electron chi connectivity index (χ4n) is 4.00. The van der Waals surface area contributed by atoms with Gasteiger partial charge in [0.15, 0.2) is 5.76 Å². The van der Waals surface area contributed by atoms with Crippen LogP contribution in [0.2, 0.25) is 0 Å². The summed E-state index contributed by atoms with van der Waals surface area (Å²) in [5.41, 5.74) is 7.55. The zero-order valence-electron chi connectivity index (χ0n) is 18.9. The topological polar surface area (TPSA) is 149 Å². The average molecular weight is 471 g/mol. The van der Waals surface area contributed by atoms with Crippen LogP contribution in [0, 0.1) is 6.92 Å². The standard InChI is InChI=1S/C25H21N5O5/c1-13-10-18(31)22(33)23(35-13)21-20(14-5-7-15(34-2)8-6-14)28-24(29-21)17-11-30(12-19(26)32)25-16(17)4-3-9-27-25/h3-11,33H,12H2,1-2H3,(H2,26,32)(H,28,29). The fraction of sp³-hybridized carbons (Fsp3) is 0.120. The van der Waals surface area contributed by atoms with Gasteiger partial charge in [0.2, 0.25) is 17.1 Å². The van der Waals surface area contributed by atoms with Crippen LogP contribution in [0.1, 0.15) is 5.76 Å². The van der Waals surface area contributed by atoms with Gasteiger partial charge in [0.05, 0.1) is 7.11 Å². The molecule has 35 heavy (non-hydrogen) atoms. The van der Waals surface area contributed by atoms with E-state index in [1.165, 1.54) is 6.07 Å². The highest BCUT2D eigenvalue weighted by Gasteiger charge is 2.24. The molecule has 4 heterocycles. The second-order valence-corrected chi connectivity index (χ2v) is 7.95. The van der Waals surface area contributed by atoms with Gasteiger partial charge >= 0.3 is 0 Å². The first-order valence-electron chi connectivity index (χ1n) is 10.7. The summed E-state index contributed by atoms with van der Waals surface area (Å²) in [7, 11) is 1.57. The number of aromatic hydroxyl groups is 1. The number of aromatic nitrogens is 4. The number of aryl methyl sites for hydroxylation is 1. The lowest BCUT2D eigenvalue weighted by molar-refractivity contribution is -0.118. The molecule has 0 aliphatic carbocycles. The maximum atomic E-state index is 12.3. The minimum absolute atomic E-state index is 0.0291. The van der Waals surface area contributed by atoms with Crippen LogP contribution in [-0.4, -0.2) is 37.6 Å². The van der Waals surface area contributed by atoms with E-state index in [2.05, 4.69) is 9.97 Å². The molecule has 0 unspecified atom stereocenters. The molecule has 176 valence electrons. The third-order valence-electron chi connectivity index (χ3n) is 5.56. The minimum atomic E-state index is -0.567. The van der Waals surface area contributed by atoms with E-state index in [9.17, 15) is 14.7 Å². The number of amides is 1. The number of carbonyl (C=O) groups excluding carboxylic acids is 1. The number of fused-ring (bicyclic) bond motifs is 1. The van der Waals surface area contributed by atoms with Crippen molar-refractivity contribution < 1.29 is 19.1 Å². The summed E-state index contributed by atoms with van der Waals surface area (Å²) < 4.78 is 12.6. The van der Waals surface area contributed by atoms with Crippen LogP contribution in [0.5, 0.6) is 11.5 Å². The summed E-state index contributed by atoms with van der Waals surface area (Å²) in [5.74, 6) is 0.357. The highest BCUT2D eigenvalue weighted by Crippen LogP contribution is 2.38. The Morgan fingerprint density at radius 1 is 1.26 bits per heavy atom. The molecule has 0 radical (unpaired) electrons. The SMILES string of the molecule is COc1ccc(-c2nc(-c3cn(CC(N)=O)c4ncccc34)[nH]c2-c2oc(C)cc(=O)c2O)cc1. The van der Waals surface area contributed by atoms with Gasteiger partial charge in [0.1, 0.15) is 40.9 Å². The number of benzene rings is 1. The van der Waals surface area contributed by atoms with E-state index in [1.807, 2.05) is 18.2 Å². The second-order valence-electron chi connectivity index (χ2n) is 7.95. The van der Waals surface area contributed by atoms with Crippen LogP contribution in [0.4, 0.5) is 0 Å². The molecule has 0 bridgehead atoms. The summed E-state index contributed by atoms with van der Waals surface area (Å²) >= 11 is 0. The van der Waals surface area contributed by atoms with Crippen LogP contribution < -0.4 is 15.9 Å². The number of aromatic amines is 1. The predicted octanol–water partition coefficient (Wildman–Crippen LogP) is 3.22. The molecule has 4 aromatic heterocycles. The molecule has 0 saturated carbocycles. The van der Waals surface area contributed by atoms with Crippen molar-refractivity contribution in [3.63, 3.8) is 0 Å². The Hall–Kier alpha value is -4.86. The van der Waals surface area contributed by atoms with Gasteiger partial charge in [-0.05, 0) is 43.3 Å². The third-order valence-corrected chi connectivity index (χ3v) is 5.56. The van der Waals surface area contributed by atoms with Crippen LogP contribution in [0.15, 0.2) is 64.1 Å². The zero-order valence-corrected chi connectivity index (χ0v) is 18.9. The second kappa shape index (κ2) is 8.49. The highest BCUT2D eigenvalue weighted by molar-refractivity contribution is 5.94. The molecule has 0 spiro atoms. The minimum Gasteiger partial charge on any atom is -0.501 e. The van der Waals surface area contributed by atoms with Gasteiger partial charge < -0.3 is 29.5 Å². The summed E-state index contributed by atoms with van der Waals surface area (Å²) in [4.78, 5) is 36.3. The smallest absolute Gasteiger partial charge is 0.237 e. The van der Waals surface area contributed by atoms with Crippen molar-refractivity contribution in [2.45, 2.75) is 13.5 Å². The summed E-state index contributed by atoms with van der Waals surface area (Å²) in [5, 5.41) is 11.3. The van der Waals surface area contributed by atoms with Crippen molar-refractivity contribution in [3.8, 4) is 45.6 Å². The van der Waals surface area contributed by atoms with Gasteiger partial charge in [-0.2, -0.15) is 0 Å². The number of H-pyrrole nitrogens is 1. The molecular weight excluding hydrogens is 450 g/mol. The number of imidazole rings is 1. The van der Waals surface area contributed by atoms with E-state index in [1.54, 1.807) is 49.2 Å². The first kappa shape index (κ1) is 22.0. The third kappa shape index (κ3) is 3.90. The van der Waals surface area contributed by atoms with Gasteiger partial charge in [-0.3, -0.25) is 9.59 Å². The summed E-state index contributed by atoms with van der Waals surface area (Å²) in [6.45, 7) is 1.57. The fourth-order valence-corrected chi connectivity index (χ4v) is 4.00. The molecular formula is C25H21N5O5. The van der Waals surface area contributed by atoms with Crippen LogP contribution >= 0.6 is 0 Å². The van der Waals surface area contributed by atoms with Crippen LogP contribution in [0.25, 0.3) is 45.1 Å². The van der Waals surface area contributed by atoms with Crippen molar-refractivity contribution in [1.29, 1.82) is 0 Å². The van der Waals surface area contributed by atoms with Gasteiger partial charge in [-0.15, -0.1) is 0 Å². The lowest BCUT2D eigenvalue weighted by atomic mass is 10.1. The first-order valence-corrected chi connectivity index (χ1v) is 10.7. The highest BCUT2D eigenvalue weighted by atomic mass is 16.5. The van der Waals surface area contributed by atoms with Crippen molar-refractivity contribution in [2.75, 3.05) is 7.11 Å². The summed E-state index contributed by atoms with van der Waals surface area (Å²) in [6.07, 6.45) is 3.36. The number of ether oxygens (including phenoxy) is 1. The van der Waals surface area contributed by atoms with Crippen molar-refractivity contribution in [3.05, 3.63) is 70.8 Å². The molecule has 5 rings (SSSR count). The number of methoxy groups -OCH3 is 1. The van der Waals surface area contributed by atoms with Gasteiger partial charge in [-0.1, -0.05) is 0 Å². The number of primary amides is 1. The molecule has 1 amide bonds. The molecule has 1 aromatic carbocycles. The van der Waals surface area contributed by atoms with Gasteiger partial charge in [0.25, 0.3) is 0 Å². The Balaban J connectivity index is 1.77. The molecule has 0 aliphatic heterocycles. The normalized spacial score (nSPS) is 11.1. The molecule has 5 aromatic rings. The molecule has 0 aliphatic rings.